The average Bonchev–Trinajstić information content (AvgIpc) is 0.817. The molecule has 0 unspecified atom stereocenters. The summed E-state index contributed by atoms with van der Waals surface area (Å²) in [6.07, 6.45) is -1.34. The molecule has 22 N–H and O–H groups in total. The largest absolute Gasteiger partial charge is 0.488 e. The number of aliphatic hydroxyl groups excluding tert-OH is 12. The maximum absolute atomic E-state index is 12.9. The van der Waals surface area contributed by atoms with Crippen molar-refractivity contribution in [3.63, 3.8) is 0 Å². The van der Waals surface area contributed by atoms with E-state index in [1.807, 2.05) is 54.6 Å². The lowest BCUT2D eigenvalue weighted by Gasteiger charge is -2.39. The van der Waals surface area contributed by atoms with Gasteiger partial charge in [-0.1, -0.05) is 131 Å². The number of anilines is 2. The number of nitro groups is 1. The second-order valence-corrected chi connectivity index (χ2v) is 31.1. The van der Waals surface area contributed by atoms with Gasteiger partial charge in [-0.3, -0.25) is 34.1 Å². The van der Waals surface area contributed by atoms with Gasteiger partial charge < -0.3 is 133 Å². The average molecular weight is 1790 g/mol. The molecule has 36 heteroatoms. The van der Waals surface area contributed by atoms with Crippen LogP contribution < -0.4 is 52.7 Å². The number of nitrogens with zero attached hydrogens (tertiary/aromatic N) is 2. The monoisotopic (exact) mass is 1790 g/mol. The first-order chi connectivity index (χ1) is 60.3. The van der Waals surface area contributed by atoms with Crippen molar-refractivity contribution in [3.05, 3.63) is 203 Å². The van der Waals surface area contributed by atoms with E-state index in [9.17, 15) is 89.9 Å². The predicted molar refractivity (Wildman–Crippen MR) is 473 cm³/mol. The Labute approximate surface area is 740 Å². The first kappa shape index (κ1) is 109. The molecule has 126 heavy (non-hydrogen) atoms. The van der Waals surface area contributed by atoms with Crippen LogP contribution in [0, 0.1) is 16.0 Å². The summed E-state index contributed by atoms with van der Waals surface area (Å²) in [6, 6.07) is 44.9. The van der Waals surface area contributed by atoms with Crippen molar-refractivity contribution in [1.82, 2.24) is 15.5 Å². The first-order valence-corrected chi connectivity index (χ1v) is 42.6. The predicted octanol–water partition coefficient (Wildman–Crippen LogP) is 6.48. The Morgan fingerprint density at radius 3 is 1.25 bits per heavy atom. The van der Waals surface area contributed by atoms with Gasteiger partial charge in [0.25, 0.3) is 22.7 Å². The van der Waals surface area contributed by atoms with Crippen LogP contribution in [0.25, 0.3) is 0 Å². The minimum absolute atomic E-state index is 0.0209. The van der Waals surface area contributed by atoms with Gasteiger partial charge in [0.2, 0.25) is 24.4 Å². The molecular weight excluding hydrogens is 1660 g/mol. The molecule has 0 spiro atoms. The molecule has 1 saturated carbocycles. The zero-order valence-corrected chi connectivity index (χ0v) is 72.5. The highest BCUT2D eigenvalue weighted by Crippen LogP contribution is 2.32. The smallest absolute Gasteiger partial charge is 0.410 e. The van der Waals surface area contributed by atoms with Gasteiger partial charge in [-0.15, -0.1) is 0 Å². The molecule has 698 valence electrons. The lowest BCUT2D eigenvalue weighted by molar-refractivity contribution is -0.384. The number of nitro benzene ring substituents is 1. The summed E-state index contributed by atoms with van der Waals surface area (Å²) < 4.78 is 32.6. The summed E-state index contributed by atoms with van der Waals surface area (Å²) in [4.78, 5) is 82.5. The molecule has 1 aliphatic carbocycles. The number of benzene rings is 6. The number of carbonyl (C=O) groups is 6. The van der Waals surface area contributed by atoms with E-state index in [0.29, 0.717) is 47.1 Å². The quantitative estimate of drug-likeness (QED) is 0.00643. The van der Waals surface area contributed by atoms with Crippen LogP contribution in [-0.2, 0) is 23.8 Å². The molecule has 2 aliphatic heterocycles. The van der Waals surface area contributed by atoms with Crippen molar-refractivity contribution in [2.75, 3.05) is 76.3 Å². The number of ether oxygens (including phenoxy) is 6. The van der Waals surface area contributed by atoms with Gasteiger partial charge in [0.15, 0.2) is 0 Å². The van der Waals surface area contributed by atoms with Crippen molar-refractivity contribution in [3.8, 4) is 17.2 Å². The topological polar surface area (TPSA) is 573 Å². The maximum Gasteiger partial charge on any atom is 0.410 e. The van der Waals surface area contributed by atoms with E-state index in [1.165, 1.54) is 93.5 Å². The third-order valence-electron chi connectivity index (χ3n) is 19.6. The molecule has 6 aromatic rings. The Balaban J connectivity index is 0.000000352. The molecule has 35 nitrogen and oxygen atoms in total. The van der Waals surface area contributed by atoms with Crippen LogP contribution in [0.15, 0.2) is 176 Å². The van der Waals surface area contributed by atoms with Gasteiger partial charge in [-0.25, -0.2) is 4.79 Å². The van der Waals surface area contributed by atoms with Crippen LogP contribution in [0.4, 0.5) is 21.9 Å². The molecule has 5 amide bonds. The van der Waals surface area contributed by atoms with E-state index < -0.39 is 127 Å². The van der Waals surface area contributed by atoms with Gasteiger partial charge in [0.1, 0.15) is 90.0 Å². The minimum Gasteiger partial charge on any atom is -0.488 e. The van der Waals surface area contributed by atoms with E-state index >= 15 is 0 Å². The molecule has 3 fully saturated rings. The molecular formula is C90H130ClN9O26. The summed E-state index contributed by atoms with van der Waals surface area (Å²) in [5, 5.41) is 138. The Hall–Kier alpha value is -9.71. The van der Waals surface area contributed by atoms with Crippen LogP contribution >= 0.6 is 11.6 Å². The van der Waals surface area contributed by atoms with E-state index in [-0.39, 0.29) is 61.1 Å². The number of halogens is 1. The summed E-state index contributed by atoms with van der Waals surface area (Å²) >= 11 is 5.16. The number of carbonyl (C=O) groups excluding carboxylic acids is 6. The molecule has 0 aromatic heterocycles. The number of unbranched alkanes of at least 4 members (excludes halogenated alkanes) is 12. The molecule has 6 aromatic carbocycles. The molecule has 2 heterocycles. The lowest BCUT2D eigenvalue weighted by atomic mass is 9.81. The molecule has 0 radical (unpaired) electrons. The van der Waals surface area contributed by atoms with Gasteiger partial charge in [0, 0.05) is 85.3 Å². The maximum atomic E-state index is 12.9. The third kappa shape index (κ3) is 41.4. The summed E-state index contributed by atoms with van der Waals surface area (Å²) in [7, 11) is 0. The number of hydrogen-bond donors (Lipinski definition) is 19. The van der Waals surface area contributed by atoms with E-state index in [1.54, 1.807) is 86.3 Å². The van der Waals surface area contributed by atoms with Gasteiger partial charge in [-0.05, 0) is 188 Å². The van der Waals surface area contributed by atoms with Gasteiger partial charge in [-0.2, -0.15) is 0 Å². The minimum atomic E-state index is -1.56. The number of hydrogen-bond acceptors (Lipinski definition) is 29. The Morgan fingerprint density at radius 2 is 0.865 bits per heavy atom. The van der Waals surface area contributed by atoms with Crippen LogP contribution in [0.1, 0.15) is 161 Å². The fourth-order valence-corrected chi connectivity index (χ4v) is 12.6. The zero-order valence-electron chi connectivity index (χ0n) is 71.7. The van der Waals surface area contributed by atoms with Gasteiger partial charge in [0.05, 0.1) is 24.2 Å². The highest BCUT2D eigenvalue weighted by Gasteiger charge is 2.47. The number of amides is 5. The SMILES string of the molecule is C=CC(=O)Nc1ccc(O[C@H]2O[C@H](CO)[C@@H](O)[C@H](O)[C@H]2O)cc1.CC(C)(C)OC(=O)N(CCCCCCCNC(=O)c1ccccc1)CCC(=O)Nc1ccc(O[C@H]2O[C@H](CO)[C@@H](O)[C@H](O)[C@H]2O)cc1.NCCCCCCCN.NCCCCCCCNC(=O)c1ccccc1.O=C(Cl)c1ccccc1.O=[N+]([O-])c1ccc(O[C@H]2C[C@H](CO)[C@@H](O)[C@H](O)[C@H]2O)cc1. The van der Waals surface area contributed by atoms with Gasteiger partial charge >= 0.3 is 6.09 Å². The molecule has 15 atom stereocenters. The van der Waals surface area contributed by atoms with E-state index in [4.69, 9.17) is 67.4 Å². The molecule has 9 rings (SSSR count). The van der Waals surface area contributed by atoms with E-state index in [2.05, 4.69) is 27.8 Å². The first-order valence-electron chi connectivity index (χ1n) is 42.3. The van der Waals surface area contributed by atoms with Crippen molar-refractivity contribution in [2.45, 2.75) is 221 Å². The lowest BCUT2D eigenvalue weighted by Crippen LogP contribution is -2.60. The normalized spacial score (nSPS) is 21.6. The second kappa shape index (κ2) is 60.9. The zero-order chi connectivity index (χ0) is 92.9. The Bertz CT molecular complexity index is 4030. The fourth-order valence-electron chi connectivity index (χ4n) is 12.4. The van der Waals surface area contributed by atoms with Crippen molar-refractivity contribution < 1.29 is 123 Å². The number of aliphatic hydroxyl groups is 12. The van der Waals surface area contributed by atoms with Crippen LogP contribution in [0.3, 0.4) is 0 Å². The van der Waals surface area contributed by atoms with Crippen molar-refractivity contribution >= 4 is 63.6 Å². The molecule has 3 aliphatic rings. The Kier molecular flexibility index (Phi) is 52.5. The van der Waals surface area contributed by atoms with E-state index in [0.717, 1.165) is 89.2 Å². The van der Waals surface area contributed by atoms with Crippen molar-refractivity contribution in [2.24, 2.45) is 23.1 Å². The molecule has 0 bridgehead atoms. The molecule has 2 saturated heterocycles. The standard InChI is InChI=1S/C34H49N3O10.C15H19NO7.C14H22N2O.C13H17NO7.C7H5ClO.C7H18N2/c1-34(2,3)47-33(44)37(20-11-6-4-5-10-19-35-31(43)23-12-8-7-9-13-23)21-18-27(39)36-24-14-16-25(17-15-24)45-32-30(42)29(41)28(40)26(22-38)46-32;1-2-11(18)16-8-3-5-9(6-4-8)22-15-14(21)13(20)12(19)10(7-17)23-15;15-11-7-2-1-3-8-12-16-14(17)13-9-5-4-6-10-13;15-6-7-5-10(12(17)13(18)11(7)16)21-9-3-1-8(2-4-9)14(19)20;8-7(9)6-4-2-1-3-5-6;8-6-4-2-1-3-5-7-9/h7-9,12-17,26,28-30,32,38,40-42H,4-6,10-11,18-22H2,1-3H3,(H,35,43)(H,36,39);2-6,10,12-15,17,19-21H,1,7H2,(H,16,18);4-6,9-10H,1-3,7-8,11-12,15H2,(H,16,17);1-4,7,10-13,15-18H,5-6H2;1-5H;1-9H2/t26-,28-,29+,30-,32+;10-,12-,13+,14-,15+;;7-,10+,11-,12+,13+;;/m11.1../s1. The third-order valence-corrected chi connectivity index (χ3v) is 19.8. The number of nitrogens with one attached hydrogen (secondary N) is 4. The number of nitrogens with two attached hydrogens (primary N) is 3. The second-order valence-electron chi connectivity index (χ2n) is 30.7. The summed E-state index contributed by atoms with van der Waals surface area (Å²) in [5.74, 6) is -0.456. The van der Waals surface area contributed by atoms with Crippen molar-refractivity contribution in [1.29, 1.82) is 0 Å². The van der Waals surface area contributed by atoms with Crippen LogP contribution in [-0.4, -0.2) is 263 Å². The number of rotatable bonds is 40. The highest BCUT2D eigenvalue weighted by molar-refractivity contribution is 6.67. The number of non-ortho nitro benzene ring substituents is 1. The summed E-state index contributed by atoms with van der Waals surface area (Å²) in [5.41, 5.74) is 18.2. The highest BCUT2D eigenvalue weighted by atomic mass is 35.5. The fraction of sp³-hybridized carbons (Fsp3) is 0.511. The Morgan fingerprint density at radius 1 is 0.484 bits per heavy atom. The summed E-state index contributed by atoms with van der Waals surface area (Å²) in [6.45, 7) is 11.7. The van der Waals surface area contributed by atoms with Crippen LogP contribution in [0.5, 0.6) is 17.2 Å². The van der Waals surface area contributed by atoms with Crippen LogP contribution in [0.2, 0.25) is 0 Å².